The molecule has 7 N–H and O–H groups in total. The number of alkyl halides is 2. The van der Waals surface area contributed by atoms with Crippen molar-refractivity contribution in [2.24, 2.45) is 5.73 Å². The van der Waals surface area contributed by atoms with Crippen molar-refractivity contribution in [3.63, 3.8) is 0 Å². The van der Waals surface area contributed by atoms with Crippen molar-refractivity contribution in [2.45, 2.75) is 24.9 Å². The number of carbonyl (C=O) groups is 2. The van der Waals surface area contributed by atoms with E-state index < -0.39 is 29.8 Å². The number of hydrogen-bond acceptors (Lipinski definition) is 5. The van der Waals surface area contributed by atoms with Crippen molar-refractivity contribution >= 4 is 17.5 Å². The number of anilines is 1. The predicted molar refractivity (Wildman–Crippen MR) is 103 cm³/mol. The summed E-state index contributed by atoms with van der Waals surface area (Å²) < 4.78 is 26.3. The molecule has 0 aliphatic heterocycles. The molecule has 2 aromatic carbocycles. The quantitative estimate of drug-likeness (QED) is 0.222. The molecular formula is C20H20F2N4O3. The first kappa shape index (κ1) is 21.8. The number of benzene rings is 2. The number of carbonyl (C=O) groups excluding carboxylic acids is 2. The highest BCUT2D eigenvalue weighted by Gasteiger charge is 2.44. The standard InChI is InChI=1S/C20H20F2N4O3/c1-20(24,19(21)22)16(18(28)26-29)25-17(27)14-8-4-12(5-9-14)2-3-13-6-10-15(23)11-7-13/h4-11,16,19,29H,23-24H2,1H3,(H,25,27)(H,26,28)/t16-,20+/m1/s1. The van der Waals surface area contributed by atoms with Crippen LogP contribution >= 0.6 is 0 Å². The number of nitrogens with two attached hydrogens (primary N) is 2. The van der Waals surface area contributed by atoms with Gasteiger partial charge in [-0.2, -0.15) is 0 Å². The molecule has 0 aliphatic rings. The number of hydroxylamine groups is 1. The van der Waals surface area contributed by atoms with Gasteiger partial charge in [0.15, 0.2) is 0 Å². The molecule has 0 unspecified atom stereocenters. The van der Waals surface area contributed by atoms with E-state index in [0.29, 0.717) is 11.3 Å². The van der Waals surface area contributed by atoms with Gasteiger partial charge in [0.1, 0.15) is 11.6 Å². The van der Waals surface area contributed by atoms with Crippen LogP contribution in [0.1, 0.15) is 28.4 Å². The largest absolute Gasteiger partial charge is 0.399 e. The fraction of sp³-hybridized carbons (Fsp3) is 0.200. The molecule has 0 bridgehead atoms. The van der Waals surface area contributed by atoms with Gasteiger partial charge in [0.25, 0.3) is 18.2 Å². The maximum Gasteiger partial charge on any atom is 0.268 e. The first-order valence-electron chi connectivity index (χ1n) is 8.44. The third-order valence-corrected chi connectivity index (χ3v) is 4.15. The van der Waals surface area contributed by atoms with Crippen LogP contribution in [0.25, 0.3) is 0 Å². The number of amides is 2. The van der Waals surface area contributed by atoms with Crippen LogP contribution in [0.15, 0.2) is 48.5 Å². The van der Waals surface area contributed by atoms with Crippen LogP contribution in [0.4, 0.5) is 14.5 Å². The third kappa shape index (κ3) is 5.51. The highest BCUT2D eigenvalue weighted by atomic mass is 19.3. The summed E-state index contributed by atoms with van der Waals surface area (Å²) in [6.07, 6.45) is -3.13. The van der Waals surface area contributed by atoms with Gasteiger partial charge < -0.3 is 16.8 Å². The summed E-state index contributed by atoms with van der Waals surface area (Å²) in [7, 11) is 0. The van der Waals surface area contributed by atoms with Crippen LogP contribution in [0, 0.1) is 11.8 Å². The molecular weight excluding hydrogens is 382 g/mol. The minimum Gasteiger partial charge on any atom is -0.399 e. The lowest BCUT2D eigenvalue weighted by Crippen LogP contribution is -2.66. The van der Waals surface area contributed by atoms with Gasteiger partial charge in [-0.05, 0) is 55.5 Å². The third-order valence-electron chi connectivity index (χ3n) is 4.15. The molecule has 0 saturated heterocycles. The molecule has 0 radical (unpaired) electrons. The summed E-state index contributed by atoms with van der Waals surface area (Å²) in [4.78, 5) is 24.1. The Labute approximate surface area is 166 Å². The Morgan fingerprint density at radius 1 is 1.03 bits per heavy atom. The highest BCUT2D eigenvalue weighted by Crippen LogP contribution is 2.18. The molecule has 152 valence electrons. The van der Waals surface area contributed by atoms with Crippen molar-refractivity contribution in [1.29, 1.82) is 0 Å². The van der Waals surface area contributed by atoms with E-state index in [1.165, 1.54) is 17.6 Å². The Hall–Kier alpha value is -3.48. The molecule has 2 atom stereocenters. The van der Waals surface area contributed by atoms with Gasteiger partial charge in [0, 0.05) is 22.4 Å². The van der Waals surface area contributed by atoms with Crippen molar-refractivity contribution in [1.82, 2.24) is 10.8 Å². The van der Waals surface area contributed by atoms with Crippen LogP contribution < -0.4 is 22.3 Å². The molecule has 0 fully saturated rings. The van der Waals surface area contributed by atoms with Crippen molar-refractivity contribution < 1.29 is 23.6 Å². The van der Waals surface area contributed by atoms with Crippen molar-refractivity contribution in [2.75, 3.05) is 5.73 Å². The second kappa shape index (κ2) is 9.14. The highest BCUT2D eigenvalue weighted by molar-refractivity contribution is 5.98. The number of rotatable bonds is 5. The zero-order valence-electron chi connectivity index (χ0n) is 15.4. The summed E-state index contributed by atoms with van der Waals surface area (Å²) in [5.74, 6) is 3.79. The summed E-state index contributed by atoms with van der Waals surface area (Å²) in [6, 6.07) is 11.1. The summed E-state index contributed by atoms with van der Waals surface area (Å²) in [5, 5.41) is 10.9. The lowest BCUT2D eigenvalue weighted by molar-refractivity contribution is -0.134. The van der Waals surface area contributed by atoms with Gasteiger partial charge in [-0.15, -0.1) is 0 Å². The molecule has 0 saturated carbocycles. The van der Waals surface area contributed by atoms with E-state index in [4.69, 9.17) is 16.7 Å². The van der Waals surface area contributed by atoms with E-state index in [-0.39, 0.29) is 5.56 Å². The van der Waals surface area contributed by atoms with E-state index in [1.807, 2.05) is 0 Å². The smallest absolute Gasteiger partial charge is 0.268 e. The number of nitrogens with one attached hydrogen (secondary N) is 2. The second-order valence-electron chi connectivity index (χ2n) is 6.50. The molecule has 0 spiro atoms. The molecule has 0 aromatic heterocycles. The van der Waals surface area contributed by atoms with E-state index >= 15 is 0 Å². The van der Waals surface area contributed by atoms with Gasteiger partial charge in [-0.25, -0.2) is 14.3 Å². The van der Waals surface area contributed by atoms with E-state index in [9.17, 15) is 18.4 Å². The van der Waals surface area contributed by atoms with Crippen LogP contribution in [-0.2, 0) is 4.79 Å². The van der Waals surface area contributed by atoms with Gasteiger partial charge in [0.2, 0.25) is 0 Å². The Morgan fingerprint density at radius 3 is 1.97 bits per heavy atom. The minimum absolute atomic E-state index is 0.101. The zero-order valence-corrected chi connectivity index (χ0v) is 15.4. The average molecular weight is 402 g/mol. The average Bonchev–Trinajstić information content (AvgIpc) is 2.71. The van der Waals surface area contributed by atoms with Crippen LogP contribution in [0.3, 0.4) is 0 Å². The molecule has 2 amide bonds. The molecule has 7 nitrogen and oxygen atoms in total. The topological polar surface area (TPSA) is 130 Å². The Bertz CT molecular complexity index is 933. The second-order valence-corrected chi connectivity index (χ2v) is 6.50. The van der Waals surface area contributed by atoms with E-state index in [1.54, 1.807) is 36.4 Å². The fourth-order valence-corrected chi connectivity index (χ4v) is 2.32. The first-order chi connectivity index (χ1) is 13.6. The fourth-order valence-electron chi connectivity index (χ4n) is 2.32. The number of hydrogen-bond donors (Lipinski definition) is 5. The number of halogens is 2. The van der Waals surface area contributed by atoms with Crippen LogP contribution in [-0.4, -0.2) is 35.0 Å². The summed E-state index contributed by atoms with van der Waals surface area (Å²) >= 11 is 0. The molecule has 2 aromatic rings. The molecule has 0 aliphatic carbocycles. The normalized spacial score (nSPS) is 13.6. The number of nitrogen functional groups attached to an aromatic ring is 1. The Balaban J connectivity index is 2.15. The van der Waals surface area contributed by atoms with Crippen LogP contribution in [0.5, 0.6) is 0 Å². The van der Waals surface area contributed by atoms with Crippen molar-refractivity contribution in [3.8, 4) is 11.8 Å². The molecule has 0 heterocycles. The van der Waals surface area contributed by atoms with Crippen LogP contribution in [0.2, 0.25) is 0 Å². The molecule has 29 heavy (non-hydrogen) atoms. The Morgan fingerprint density at radius 2 is 1.52 bits per heavy atom. The van der Waals surface area contributed by atoms with Gasteiger partial charge in [-0.3, -0.25) is 14.8 Å². The zero-order chi connectivity index (χ0) is 21.6. The van der Waals surface area contributed by atoms with Gasteiger partial charge in [0.05, 0.1) is 0 Å². The van der Waals surface area contributed by atoms with Crippen molar-refractivity contribution in [3.05, 3.63) is 65.2 Å². The monoisotopic (exact) mass is 402 g/mol. The SMILES string of the molecule is C[C@@](N)(C(F)F)[C@H](NC(=O)c1ccc(C#Cc2ccc(N)cc2)cc1)C(=O)NO. The van der Waals surface area contributed by atoms with Gasteiger partial charge in [-0.1, -0.05) is 11.8 Å². The first-order valence-corrected chi connectivity index (χ1v) is 8.44. The maximum absolute atomic E-state index is 13.2. The maximum atomic E-state index is 13.2. The van der Waals surface area contributed by atoms with E-state index in [0.717, 1.165) is 12.5 Å². The Kier molecular flexibility index (Phi) is 6.88. The van der Waals surface area contributed by atoms with Gasteiger partial charge >= 0.3 is 0 Å². The lowest BCUT2D eigenvalue weighted by Gasteiger charge is -2.32. The summed E-state index contributed by atoms with van der Waals surface area (Å²) in [6.45, 7) is 0.897. The predicted octanol–water partition coefficient (Wildman–Crippen LogP) is 1.25. The lowest BCUT2D eigenvalue weighted by atomic mass is 9.92. The molecule has 2 rings (SSSR count). The van der Waals surface area contributed by atoms with E-state index in [2.05, 4.69) is 17.2 Å². The summed E-state index contributed by atoms with van der Waals surface area (Å²) in [5.41, 5.74) is 12.0. The molecule has 9 heteroatoms. The minimum atomic E-state index is -3.13.